The van der Waals surface area contributed by atoms with Crippen molar-refractivity contribution >= 4 is 39.6 Å². The number of carbonyl (C=O) groups is 2. The molecule has 3 rings (SSSR count). The van der Waals surface area contributed by atoms with Gasteiger partial charge in [0, 0.05) is 29.7 Å². The number of methoxy groups -OCH3 is 1. The molecule has 1 heterocycles. The summed E-state index contributed by atoms with van der Waals surface area (Å²) in [5.41, 5.74) is 1.64. The number of likely N-dealkylation sites (tertiary alicyclic amines) is 1. The number of hydrogen-bond donors (Lipinski definition) is 0. The third kappa shape index (κ3) is 4.71. The molecule has 0 N–H and O–H groups in total. The van der Waals surface area contributed by atoms with Crippen molar-refractivity contribution in [1.82, 2.24) is 4.90 Å². The fraction of sp³-hybridized carbons (Fsp3) is 0.238. The molecule has 29 heavy (non-hydrogen) atoms. The smallest absolute Gasteiger partial charge is 0.310 e. The highest BCUT2D eigenvalue weighted by atomic mass is 79.9. The van der Waals surface area contributed by atoms with Crippen molar-refractivity contribution in [3.8, 4) is 11.1 Å². The van der Waals surface area contributed by atoms with E-state index in [9.17, 15) is 19.7 Å². The van der Waals surface area contributed by atoms with Crippen molar-refractivity contribution in [3.05, 3.63) is 68.7 Å². The standard InChI is InChI=1S/C21H19BrN2O5/c1-29-21(26)16-10-11-23(13-16)19(25)9-8-14-4-3-7-18(24(27)28)20(14)15-5-2-6-17(22)12-15/h2-9,12,16H,10-11,13H2,1H3/b9-8+. The van der Waals surface area contributed by atoms with E-state index in [0.29, 0.717) is 36.2 Å². The third-order valence-corrected chi connectivity index (χ3v) is 5.32. The maximum Gasteiger partial charge on any atom is 0.310 e. The first-order valence-corrected chi connectivity index (χ1v) is 9.78. The van der Waals surface area contributed by atoms with Crippen molar-refractivity contribution in [1.29, 1.82) is 0 Å². The van der Waals surface area contributed by atoms with Crippen LogP contribution in [0.4, 0.5) is 5.69 Å². The van der Waals surface area contributed by atoms with E-state index >= 15 is 0 Å². The lowest BCUT2D eigenvalue weighted by atomic mass is 9.97. The molecule has 7 nitrogen and oxygen atoms in total. The van der Waals surface area contributed by atoms with Crippen LogP contribution in [0.1, 0.15) is 12.0 Å². The van der Waals surface area contributed by atoms with Gasteiger partial charge < -0.3 is 9.64 Å². The molecular weight excluding hydrogens is 440 g/mol. The zero-order valence-electron chi connectivity index (χ0n) is 15.7. The molecule has 0 spiro atoms. The largest absolute Gasteiger partial charge is 0.469 e. The lowest BCUT2D eigenvalue weighted by Crippen LogP contribution is -2.28. The first-order chi connectivity index (χ1) is 13.9. The molecular formula is C21H19BrN2O5. The zero-order valence-corrected chi connectivity index (χ0v) is 17.3. The van der Waals surface area contributed by atoms with E-state index in [-0.39, 0.29) is 23.5 Å². The molecule has 1 saturated heterocycles. The Morgan fingerprint density at radius 3 is 2.72 bits per heavy atom. The first-order valence-electron chi connectivity index (χ1n) is 8.99. The Labute approximate surface area is 176 Å². The monoisotopic (exact) mass is 458 g/mol. The third-order valence-electron chi connectivity index (χ3n) is 4.82. The van der Waals surface area contributed by atoms with Gasteiger partial charge in [0.05, 0.1) is 23.5 Å². The molecule has 150 valence electrons. The Morgan fingerprint density at radius 2 is 2.03 bits per heavy atom. The molecule has 8 heteroatoms. The fourth-order valence-electron chi connectivity index (χ4n) is 3.39. The lowest BCUT2D eigenvalue weighted by Gasteiger charge is -2.14. The Kier molecular flexibility index (Phi) is 6.43. The number of benzene rings is 2. The Balaban J connectivity index is 1.89. The summed E-state index contributed by atoms with van der Waals surface area (Å²) in [6, 6.07) is 12.0. The Bertz CT molecular complexity index is 989. The van der Waals surface area contributed by atoms with Crippen molar-refractivity contribution in [2.24, 2.45) is 5.92 Å². The lowest BCUT2D eigenvalue weighted by molar-refractivity contribution is -0.384. The van der Waals surface area contributed by atoms with Crippen molar-refractivity contribution < 1.29 is 19.2 Å². The quantitative estimate of drug-likeness (QED) is 0.291. The van der Waals surface area contributed by atoms with E-state index < -0.39 is 4.92 Å². The molecule has 0 aliphatic carbocycles. The molecule has 2 aromatic carbocycles. The minimum Gasteiger partial charge on any atom is -0.469 e. The summed E-state index contributed by atoms with van der Waals surface area (Å²) in [7, 11) is 1.33. The van der Waals surface area contributed by atoms with Crippen LogP contribution in [-0.4, -0.2) is 41.9 Å². The maximum absolute atomic E-state index is 12.5. The minimum absolute atomic E-state index is 0.0374. The average Bonchev–Trinajstić information content (AvgIpc) is 3.21. The summed E-state index contributed by atoms with van der Waals surface area (Å²) in [6.45, 7) is 0.777. The maximum atomic E-state index is 12.5. The summed E-state index contributed by atoms with van der Waals surface area (Å²) < 4.78 is 5.54. The number of nitro benzene ring substituents is 1. The van der Waals surface area contributed by atoms with E-state index in [4.69, 9.17) is 4.74 Å². The number of esters is 1. The molecule has 2 aromatic rings. The molecule has 0 saturated carbocycles. The average molecular weight is 459 g/mol. The van der Waals surface area contributed by atoms with Crippen molar-refractivity contribution in [3.63, 3.8) is 0 Å². The van der Waals surface area contributed by atoms with Gasteiger partial charge in [-0.15, -0.1) is 0 Å². The van der Waals surface area contributed by atoms with Gasteiger partial charge in [0.2, 0.25) is 5.91 Å². The van der Waals surface area contributed by atoms with Crippen LogP contribution < -0.4 is 0 Å². The molecule has 0 aromatic heterocycles. The second-order valence-electron chi connectivity index (χ2n) is 6.64. The highest BCUT2D eigenvalue weighted by Crippen LogP contribution is 2.35. The fourth-order valence-corrected chi connectivity index (χ4v) is 3.79. The van der Waals surface area contributed by atoms with Crippen molar-refractivity contribution in [2.75, 3.05) is 20.2 Å². The second-order valence-corrected chi connectivity index (χ2v) is 7.55. The number of amides is 1. The predicted octanol–water partition coefficient (Wildman–Crippen LogP) is 4.06. The molecule has 1 aliphatic rings. The van der Waals surface area contributed by atoms with E-state index in [1.807, 2.05) is 6.07 Å². The highest BCUT2D eigenvalue weighted by molar-refractivity contribution is 9.10. The van der Waals surface area contributed by atoms with Crippen LogP contribution in [0.2, 0.25) is 0 Å². The van der Waals surface area contributed by atoms with Crippen LogP contribution in [0.5, 0.6) is 0 Å². The highest BCUT2D eigenvalue weighted by Gasteiger charge is 2.30. The van der Waals surface area contributed by atoms with E-state index in [0.717, 1.165) is 4.47 Å². The molecule has 1 aliphatic heterocycles. The number of hydrogen-bond acceptors (Lipinski definition) is 5. The topological polar surface area (TPSA) is 89.8 Å². The van der Waals surface area contributed by atoms with Crippen LogP contribution in [0.3, 0.4) is 0 Å². The predicted molar refractivity (Wildman–Crippen MR) is 112 cm³/mol. The molecule has 0 bridgehead atoms. The molecule has 1 atom stereocenters. The van der Waals surface area contributed by atoms with Gasteiger partial charge in [0.15, 0.2) is 0 Å². The molecule has 1 unspecified atom stereocenters. The number of carbonyl (C=O) groups excluding carboxylic acids is 2. The minimum atomic E-state index is -0.434. The molecule has 1 fully saturated rings. The normalized spacial score (nSPS) is 16.2. The van der Waals surface area contributed by atoms with Gasteiger partial charge in [0.1, 0.15) is 0 Å². The van der Waals surface area contributed by atoms with Gasteiger partial charge >= 0.3 is 5.97 Å². The van der Waals surface area contributed by atoms with Crippen LogP contribution in [-0.2, 0) is 14.3 Å². The molecule has 1 amide bonds. The SMILES string of the molecule is COC(=O)C1CCN(C(=O)/C=C/c2cccc([N+](=O)[O-])c2-c2cccc(Br)c2)C1. The van der Waals surface area contributed by atoms with Gasteiger partial charge in [-0.25, -0.2) is 0 Å². The van der Waals surface area contributed by atoms with Crippen LogP contribution in [0, 0.1) is 16.0 Å². The Morgan fingerprint density at radius 1 is 1.28 bits per heavy atom. The van der Waals surface area contributed by atoms with Gasteiger partial charge in [0.25, 0.3) is 5.69 Å². The van der Waals surface area contributed by atoms with Crippen molar-refractivity contribution in [2.45, 2.75) is 6.42 Å². The van der Waals surface area contributed by atoms with E-state index in [1.165, 1.54) is 19.3 Å². The summed E-state index contributed by atoms with van der Waals surface area (Å²) in [4.78, 5) is 36.9. The van der Waals surface area contributed by atoms with E-state index in [1.54, 1.807) is 41.3 Å². The number of nitro groups is 1. The van der Waals surface area contributed by atoms with Gasteiger partial charge in [-0.1, -0.05) is 40.2 Å². The van der Waals surface area contributed by atoms with Gasteiger partial charge in [-0.2, -0.15) is 0 Å². The summed E-state index contributed by atoms with van der Waals surface area (Å²) >= 11 is 3.39. The van der Waals surface area contributed by atoms with Crippen LogP contribution >= 0.6 is 15.9 Å². The Hall–Kier alpha value is -3.00. The summed E-state index contributed by atoms with van der Waals surface area (Å²) in [5, 5.41) is 11.6. The number of nitrogens with zero attached hydrogens (tertiary/aromatic N) is 2. The summed E-state index contributed by atoms with van der Waals surface area (Å²) in [6.07, 6.45) is 3.53. The van der Waals surface area contributed by atoms with Crippen LogP contribution in [0.15, 0.2) is 53.0 Å². The number of ether oxygens (including phenoxy) is 1. The van der Waals surface area contributed by atoms with E-state index in [2.05, 4.69) is 15.9 Å². The second kappa shape index (κ2) is 9.00. The number of rotatable bonds is 5. The van der Waals surface area contributed by atoms with Crippen LogP contribution in [0.25, 0.3) is 17.2 Å². The van der Waals surface area contributed by atoms with Gasteiger partial charge in [-0.05, 0) is 35.8 Å². The number of halogens is 1. The zero-order chi connectivity index (χ0) is 21.0. The first kappa shape index (κ1) is 20.7. The summed E-state index contributed by atoms with van der Waals surface area (Å²) in [5.74, 6) is -0.879. The van der Waals surface area contributed by atoms with Gasteiger partial charge in [-0.3, -0.25) is 19.7 Å². The molecule has 0 radical (unpaired) electrons.